The van der Waals surface area contributed by atoms with Crippen LogP contribution in [0.2, 0.25) is 0 Å². The van der Waals surface area contributed by atoms with Crippen molar-refractivity contribution < 1.29 is 14.3 Å². The highest BCUT2D eigenvalue weighted by Gasteiger charge is 2.18. The van der Waals surface area contributed by atoms with Crippen LogP contribution in [0.4, 0.5) is 5.82 Å². The van der Waals surface area contributed by atoms with Crippen LogP contribution in [0.5, 0.6) is 5.75 Å². The maximum Gasteiger partial charge on any atom is 0.254 e. The van der Waals surface area contributed by atoms with E-state index < -0.39 is 0 Å². The van der Waals surface area contributed by atoms with E-state index in [1.807, 2.05) is 45.9 Å². The van der Waals surface area contributed by atoms with Gasteiger partial charge in [0, 0.05) is 25.4 Å². The second kappa shape index (κ2) is 11.0. The van der Waals surface area contributed by atoms with E-state index in [1.54, 1.807) is 24.1 Å². The molecule has 0 saturated heterocycles. The number of ether oxygens (including phenoxy) is 1. The average Bonchev–Trinajstić information content (AvgIpc) is 3.34. The van der Waals surface area contributed by atoms with Crippen molar-refractivity contribution in [2.75, 3.05) is 25.9 Å². The summed E-state index contributed by atoms with van der Waals surface area (Å²) in [5.74, 6) is 0.182. The summed E-state index contributed by atoms with van der Waals surface area (Å²) in [7, 11) is 1.66. The second-order valence-electron chi connectivity index (χ2n) is 9.42. The molecule has 3 aromatic rings. The lowest BCUT2D eigenvalue weighted by atomic mass is 10.0. The molecule has 190 valence electrons. The predicted octanol–water partition coefficient (Wildman–Crippen LogP) is 2.94. The highest BCUT2D eigenvalue weighted by molar-refractivity contribution is 5.93. The van der Waals surface area contributed by atoms with Gasteiger partial charge >= 0.3 is 0 Å². The number of aryl methyl sites for hydroxylation is 1. The highest BCUT2D eigenvalue weighted by atomic mass is 16.5. The lowest BCUT2D eigenvalue weighted by Gasteiger charge is -2.18. The van der Waals surface area contributed by atoms with E-state index in [9.17, 15) is 9.59 Å². The van der Waals surface area contributed by atoms with Gasteiger partial charge in [-0.25, -0.2) is 9.97 Å². The number of hydrogen-bond donors (Lipinski definition) is 2. The number of likely N-dealkylation sites (N-methyl/N-ethyl adjacent to an activating group) is 1. The van der Waals surface area contributed by atoms with E-state index in [1.165, 1.54) is 17.3 Å². The summed E-state index contributed by atoms with van der Waals surface area (Å²) in [6.45, 7) is 12.5. The van der Waals surface area contributed by atoms with Crippen molar-refractivity contribution in [2.45, 2.75) is 39.8 Å². The van der Waals surface area contributed by atoms with Crippen LogP contribution in [0.25, 0.3) is 11.3 Å². The fraction of sp³-hybridized carbons (Fsp3) is 0.346. The Kier molecular flexibility index (Phi) is 8.08. The molecule has 0 radical (unpaired) electrons. The zero-order chi connectivity index (χ0) is 26.5. The first-order valence-electron chi connectivity index (χ1n) is 11.5. The number of nitrogen functional groups attached to an aromatic ring is 1. The Morgan fingerprint density at radius 1 is 1.28 bits per heavy atom. The van der Waals surface area contributed by atoms with Crippen molar-refractivity contribution >= 4 is 17.6 Å². The first-order valence-corrected chi connectivity index (χ1v) is 11.5. The molecule has 10 heteroatoms. The summed E-state index contributed by atoms with van der Waals surface area (Å²) in [4.78, 5) is 34.2. The van der Waals surface area contributed by atoms with Crippen molar-refractivity contribution in [2.24, 2.45) is 0 Å². The molecule has 0 fully saturated rings. The van der Waals surface area contributed by atoms with Crippen LogP contribution < -0.4 is 15.8 Å². The molecule has 0 aliphatic rings. The van der Waals surface area contributed by atoms with Gasteiger partial charge in [0.15, 0.2) is 11.6 Å². The van der Waals surface area contributed by atoms with Crippen LogP contribution in [0.3, 0.4) is 0 Å². The molecule has 0 unspecified atom stereocenters. The summed E-state index contributed by atoms with van der Waals surface area (Å²) in [5.41, 5.74) is 9.66. The minimum absolute atomic E-state index is 0.187. The molecule has 1 aromatic carbocycles. The van der Waals surface area contributed by atoms with Crippen molar-refractivity contribution in [3.05, 3.63) is 66.3 Å². The maximum absolute atomic E-state index is 12.6. The van der Waals surface area contributed by atoms with Gasteiger partial charge in [0.2, 0.25) is 5.91 Å². The Morgan fingerprint density at radius 2 is 2.03 bits per heavy atom. The molecule has 3 rings (SSSR count). The van der Waals surface area contributed by atoms with Gasteiger partial charge in [-0.1, -0.05) is 18.7 Å². The molecule has 2 heterocycles. The van der Waals surface area contributed by atoms with Crippen LogP contribution in [-0.2, 0) is 16.9 Å². The maximum atomic E-state index is 12.6. The Labute approximate surface area is 211 Å². The molecule has 2 amide bonds. The van der Waals surface area contributed by atoms with E-state index in [4.69, 9.17) is 10.5 Å². The molecule has 0 aliphatic carbocycles. The number of amides is 2. The summed E-state index contributed by atoms with van der Waals surface area (Å²) in [5, 5.41) is 7.23. The third kappa shape index (κ3) is 6.26. The summed E-state index contributed by atoms with van der Waals surface area (Å²) in [6, 6.07) is 5.79. The number of rotatable bonds is 9. The van der Waals surface area contributed by atoms with Crippen LogP contribution >= 0.6 is 0 Å². The van der Waals surface area contributed by atoms with E-state index in [0.717, 1.165) is 16.7 Å². The number of aromatic nitrogens is 4. The summed E-state index contributed by atoms with van der Waals surface area (Å²) in [6.07, 6.45) is 5.95. The molecule has 0 bridgehead atoms. The van der Waals surface area contributed by atoms with Crippen molar-refractivity contribution in [3.63, 3.8) is 0 Å². The number of carbonyl (C=O) groups is 2. The summed E-state index contributed by atoms with van der Waals surface area (Å²) >= 11 is 0. The van der Waals surface area contributed by atoms with Gasteiger partial charge in [0.05, 0.1) is 23.8 Å². The van der Waals surface area contributed by atoms with E-state index in [-0.39, 0.29) is 29.8 Å². The van der Waals surface area contributed by atoms with Crippen LogP contribution in [0.15, 0.2) is 49.6 Å². The van der Waals surface area contributed by atoms with Crippen LogP contribution in [0.1, 0.15) is 42.3 Å². The highest BCUT2D eigenvalue weighted by Crippen LogP contribution is 2.32. The number of hydrogen-bond acceptors (Lipinski definition) is 7. The Bertz CT molecular complexity index is 1260. The van der Waals surface area contributed by atoms with E-state index >= 15 is 0 Å². The number of nitrogens with two attached hydrogens (primary N) is 1. The third-order valence-corrected chi connectivity index (χ3v) is 5.64. The molecule has 2 aromatic heterocycles. The largest absolute Gasteiger partial charge is 0.486 e. The van der Waals surface area contributed by atoms with E-state index in [0.29, 0.717) is 30.1 Å². The molecule has 0 saturated carbocycles. The second-order valence-corrected chi connectivity index (χ2v) is 9.42. The van der Waals surface area contributed by atoms with Gasteiger partial charge in [0.1, 0.15) is 18.6 Å². The van der Waals surface area contributed by atoms with Gasteiger partial charge in [-0.05, 0) is 51.0 Å². The van der Waals surface area contributed by atoms with Crippen molar-refractivity contribution in [1.29, 1.82) is 0 Å². The smallest absolute Gasteiger partial charge is 0.254 e. The SMILES string of the molecule is C=CC(=O)N(C)CCOc1c(N)ncnc1-c1ccc(CNC(=O)c2cnn(C(C)(C)C)c2)c(C)c1. The molecule has 0 aliphatic heterocycles. The van der Waals surface area contributed by atoms with Crippen molar-refractivity contribution in [1.82, 2.24) is 30.0 Å². The fourth-order valence-electron chi connectivity index (χ4n) is 3.41. The number of carbonyl (C=O) groups excluding carboxylic acids is 2. The minimum atomic E-state index is -0.198. The Balaban J connectivity index is 1.70. The summed E-state index contributed by atoms with van der Waals surface area (Å²) < 4.78 is 7.64. The quantitative estimate of drug-likeness (QED) is 0.440. The molecular formula is C26H33N7O3. The fourth-order valence-corrected chi connectivity index (χ4v) is 3.41. The zero-order valence-corrected chi connectivity index (χ0v) is 21.4. The normalized spacial score (nSPS) is 11.1. The molecule has 10 nitrogen and oxygen atoms in total. The molecule has 3 N–H and O–H groups in total. The lowest BCUT2D eigenvalue weighted by Crippen LogP contribution is -2.29. The molecule has 0 spiro atoms. The third-order valence-electron chi connectivity index (χ3n) is 5.64. The topological polar surface area (TPSA) is 128 Å². The zero-order valence-electron chi connectivity index (χ0n) is 21.4. The minimum Gasteiger partial charge on any atom is -0.486 e. The average molecular weight is 492 g/mol. The van der Waals surface area contributed by atoms with Gasteiger partial charge in [0.25, 0.3) is 5.91 Å². The number of anilines is 1. The van der Waals surface area contributed by atoms with Gasteiger partial charge < -0.3 is 20.7 Å². The Morgan fingerprint density at radius 3 is 2.67 bits per heavy atom. The van der Waals surface area contributed by atoms with E-state index in [2.05, 4.69) is 27.0 Å². The molecule has 0 atom stereocenters. The molecular weight excluding hydrogens is 458 g/mol. The Hall–Kier alpha value is -4.21. The predicted molar refractivity (Wildman–Crippen MR) is 138 cm³/mol. The number of nitrogens with one attached hydrogen (secondary N) is 1. The van der Waals surface area contributed by atoms with Crippen LogP contribution in [-0.4, -0.2) is 56.7 Å². The lowest BCUT2D eigenvalue weighted by molar-refractivity contribution is -0.125. The monoisotopic (exact) mass is 491 g/mol. The first kappa shape index (κ1) is 26.4. The number of nitrogens with zero attached hydrogens (tertiary/aromatic N) is 5. The number of benzene rings is 1. The van der Waals surface area contributed by atoms with Gasteiger partial charge in [-0.2, -0.15) is 5.10 Å². The van der Waals surface area contributed by atoms with Gasteiger partial charge in [-0.15, -0.1) is 0 Å². The van der Waals surface area contributed by atoms with Crippen LogP contribution in [0, 0.1) is 6.92 Å². The standard InChI is InChI=1S/C26H33N7O3/c1-7-21(34)32(6)10-11-36-23-22(29-16-30-24(23)27)18-8-9-19(17(2)12-18)13-28-25(35)20-14-31-33(15-20)26(3,4)5/h7-9,12,14-16H,1,10-11,13H2,2-6H3,(H,28,35)(H2,27,29,30). The van der Waals surface area contributed by atoms with Gasteiger partial charge in [-0.3, -0.25) is 14.3 Å². The van der Waals surface area contributed by atoms with Crippen molar-refractivity contribution in [3.8, 4) is 17.0 Å². The first-order chi connectivity index (χ1) is 17.0. The molecule has 36 heavy (non-hydrogen) atoms.